The number of hydroxylamine groups is 1. The van der Waals surface area contributed by atoms with Crippen LogP contribution < -0.4 is 10.8 Å². The number of carbonyl (C=O) groups is 1. The molecule has 0 saturated carbocycles. The van der Waals surface area contributed by atoms with Crippen molar-refractivity contribution in [2.24, 2.45) is 0 Å². The molecule has 2 rings (SSSR count). The Morgan fingerprint density at radius 1 is 1.60 bits per heavy atom. The quantitative estimate of drug-likeness (QED) is 0.314. The minimum Gasteiger partial charge on any atom is -0.444 e. The van der Waals surface area contributed by atoms with E-state index in [2.05, 4.69) is 5.32 Å². The van der Waals surface area contributed by atoms with Crippen LogP contribution in [0.3, 0.4) is 0 Å². The number of rotatable bonds is 1. The third-order valence-corrected chi connectivity index (χ3v) is 2.10. The largest absolute Gasteiger partial charge is 0.444 e. The van der Waals surface area contributed by atoms with E-state index < -0.39 is 6.09 Å². The summed E-state index contributed by atoms with van der Waals surface area (Å²) < 4.78 is 4.77. The first-order valence-corrected chi connectivity index (χ1v) is 4.26. The normalized spacial score (nSPS) is 13.5. The summed E-state index contributed by atoms with van der Waals surface area (Å²) in [7, 11) is 0. The van der Waals surface area contributed by atoms with Gasteiger partial charge in [0.05, 0.1) is 5.69 Å². The van der Waals surface area contributed by atoms with Crippen LogP contribution in [0.25, 0.3) is 0 Å². The number of fused-ring (bicyclic) bond motifs is 1. The number of carbonyl (C=O) groups excluding carboxylic acids is 1. The predicted octanol–water partition coefficient (Wildman–Crippen LogP) is 1.05. The fourth-order valence-electron chi connectivity index (χ4n) is 1.34. The highest BCUT2D eigenvalue weighted by Crippen LogP contribution is 2.22. The average Bonchev–Trinajstić information content (AvgIpc) is 2.27. The first-order valence-electron chi connectivity index (χ1n) is 4.26. The van der Waals surface area contributed by atoms with Gasteiger partial charge in [0.1, 0.15) is 12.4 Å². The summed E-state index contributed by atoms with van der Waals surface area (Å²) in [6, 6.07) is 4.95. The van der Waals surface area contributed by atoms with E-state index in [0.717, 1.165) is 5.56 Å². The van der Waals surface area contributed by atoms with E-state index in [9.17, 15) is 4.79 Å². The lowest BCUT2D eigenvalue weighted by atomic mass is 10.1. The van der Waals surface area contributed by atoms with Crippen LogP contribution in [-0.4, -0.2) is 17.1 Å². The Balaban J connectivity index is 2.34. The number of ether oxygens (including phenoxy) is 1. The van der Waals surface area contributed by atoms with Crippen molar-refractivity contribution >= 4 is 17.6 Å². The van der Waals surface area contributed by atoms with Gasteiger partial charge in [-0.15, -0.1) is 0 Å². The van der Waals surface area contributed by atoms with Gasteiger partial charge in [-0.25, -0.2) is 4.79 Å². The van der Waals surface area contributed by atoms with Gasteiger partial charge in [-0.05, 0) is 18.2 Å². The minimum atomic E-state index is -0.481. The van der Waals surface area contributed by atoms with Gasteiger partial charge in [0.25, 0.3) is 0 Å². The van der Waals surface area contributed by atoms with E-state index in [-0.39, 0.29) is 12.4 Å². The molecule has 78 valence electrons. The molecule has 0 unspecified atom stereocenters. The summed E-state index contributed by atoms with van der Waals surface area (Å²) in [5, 5.41) is 18.4. The van der Waals surface area contributed by atoms with Gasteiger partial charge in [-0.3, -0.25) is 21.4 Å². The number of hydrogen-bond acceptors (Lipinski definition) is 4. The van der Waals surface area contributed by atoms with Gasteiger partial charge in [0, 0.05) is 11.1 Å². The van der Waals surface area contributed by atoms with Gasteiger partial charge in [0.15, 0.2) is 0 Å². The van der Waals surface area contributed by atoms with Crippen LogP contribution in [0.5, 0.6) is 0 Å². The van der Waals surface area contributed by atoms with Crippen molar-refractivity contribution in [2.75, 3.05) is 5.32 Å². The number of amides is 1. The van der Waals surface area contributed by atoms with Crippen molar-refractivity contribution in [3.8, 4) is 0 Å². The zero-order valence-electron chi connectivity index (χ0n) is 7.70. The molecule has 1 aliphatic heterocycles. The van der Waals surface area contributed by atoms with Crippen LogP contribution in [0, 0.1) is 5.41 Å². The molecular weight excluding hydrogens is 198 g/mol. The highest BCUT2D eigenvalue weighted by Gasteiger charge is 2.16. The Kier molecular flexibility index (Phi) is 2.26. The van der Waals surface area contributed by atoms with E-state index in [1.165, 1.54) is 0 Å². The molecule has 6 heteroatoms. The van der Waals surface area contributed by atoms with Crippen molar-refractivity contribution in [3.63, 3.8) is 0 Å². The molecule has 1 heterocycles. The molecule has 1 amide bonds. The maximum atomic E-state index is 10.9. The first kappa shape index (κ1) is 9.47. The lowest BCUT2D eigenvalue weighted by molar-refractivity contribution is 0.151. The number of anilines is 1. The fraction of sp³-hybridized carbons (Fsp3) is 0.111. The van der Waals surface area contributed by atoms with Crippen LogP contribution in [0.4, 0.5) is 10.5 Å². The van der Waals surface area contributed by atoms with E-state index in [4.69, 9.17) is 15.4 Å². The molecule has 0 saturated heterocycles. The summed E-state index contributed by atoms with van der Waals surface area (Å²) >= 11 is 0. The molecule has 0 aromatic heterocycles. The molecule has 1 aromatic rings. The molecule has 6 nitrogen and oxygen atoms in total. The third kappa shape index (κ3) is 1.75. The second-order valence-corrected chi connectivity index (χ2v) is 3.06. The van der Waals surface area contributed by atoms with Gasteiger partial charge in [-0.1, -0.05) is 0 Å². The second-order valence-electron chi connectivity index (χ2n) is 3.06. The van der Waals surface area contributed by atoms with E-state index in [1.807, 2.05) is 0 Å². The smallest absolute Gasteiger partial charge is 0.411 e. The number of amidine groups is 1. The monoisotopic (exact) mass is 207 g/mol. The highest BCUT2D eigenvalue weighted by atomic mass is 16.5. The Morgan fingerprint density at radius 3 is 3.13 bits per heavy atom. The zero-order valence-corrected chi connectivity index (χ0v) is 7.70. The molecule has 0 aliphatic carbocycles. The third-order valence-electron chi connectivity index (χ3n) is 2.10. The minimum absolute atomic E-state index is 0.102. The predicted molar refractivity (Wildman–Crippen MR) is 52.0 cm³/mol. The summed E-state index contributed by atoms with van der Waals surface area (Å²) in [6.07, 6.45) is -0.481. The molecule has 15 heavy (non-hydrogen) atoms. The molecule has 0 fully saturated rings. The van der Waals surface area contributed by atoms with E-state index in [1.54, 1.807) is 23.7 Å². The van der Waals surface area contributed by atoms with Crippen molar-refractivity contribution in [1.29, 1.82) is 5.41 Å². The van der Waals surface area contributed by atoms with Crippen LogP contribution in [0.15, 0.2) is 18.2 Å². The number of nitrogens with one attached hydrogen (secondary N) is 3. The highest BCUT2D eigenvalue weighted by molar-refractivity contribution is 5.97. The Morgan fingerprint density at radius 2 is 2.40 bits per heavy atom. The Hall–Kier alpha value is -2.08. The first-order chi connectivity index (χ1) is 7.20. The topological polar surface area (TPSA) is 94.4 Å². The SMILES string of the molecule is N=C(NO)c1ccc2c(c1)COC(=O)N2. The molecule has 4 N–H and O–H groups in total. The Bertz CT molecular complexity index is 431. The molecule has 1 aromatic carbocycles. The van der Waals surface area contributed by atoms with Crippen LogP contribution >= 0.6 is 0 Å². The number of benzene rings is 1. The number of cyclic esters (lactones) is 1. The van der Waals surface area contributed by atoms with Crippen molar-refractivity contribution < 1.29 is 14.7 Å². The summed E-state index contributed by atoms with van der Waals surface area (Å²) in [6.45, 7) is 0.174. The maximum Gasteiger partial charge on any atom is 0.411 e. The van der Waals surface area contributed by atoms with E-state index in [0.29, 0.717) is 11.3 Å². The van der Waals surface area contributed by atoms with Crippen LogP contribution in [0.1, 0.15) is 11.1 Å². The Labute approximate surface area is 85.3 Å². The standard InChI is InChI=1S/C9H9N3O3/c10-8(12-14)5-1-2-7-6(3-5)4-15-9(13)11-7/h1-3,14H,4H2,(H2,10,12)(H,11,13). The summed E-state index contributed by atoms with van der Waals surface area (Å²) in [5.41, 5.74) is 3.71. The second kappa shape index (κ2) is 3.58. The van der Waals surface area contributed by atoms with Crippen molar-refractivity contribution in [2.45, 2.75) is 6.61 Å². The maximum absolute atomic E-state index is 10.9. The molecule has 0 atom stereocenters. The molecule has 1 aliphatic rings. The average molecular weight is 207 g/mol. The summed E-state index contributed by atoms with van der Waals surface area (Å²) in [4.78, 5) is 10.9. The van der Waals surface area contributed by atoms with Crippen LogP contribution in [0.2, 0.25) is 0 Å². The van der Waals surface area contributed by atoms with Gasteiger partial charge in [-0.2, -0.15) is 0 Å². The van der Waals surface area contributed by atoms with Gasteiger partial charge >= 0.3 is 6.09 Å². The lowest BCUT2D eigenvalue weighted by Crippen LogP contribution is -2.22. The van der Waals surface area contributed by atoms with Crippen LogP contribution in [-0.2, 0) is 11.3 Å². The molecule has 0 radical (unpaired) electrons. The van der Waals surface area contributed by atoms with Crippen molar-refractivity contribution in [1.82, 2.24) is 5.48 Å². The molecule has 0 spiro atoms. The zero-order chi connectivity index (χ0) is 10.8. The molecular formula is C9H9N3O3. The molecule has 0 bridgehead atoms. The van der Waals surface area contributed by atoms with E-state index >= 15 is 0 Å². The fourth-order valence-corrected chi connectivity index (χ4v) is 1.34. The number of hydrogen-bond donors (Lipinski definition) is 4. The van der Waals surface area contributed by atoms with Gasteiger partial charge < -0.3 is 4.74 Å². The van der Waals surface area contributed by atoms with Crippen molar-refractivity contribution in [3.05, 3.63) is 29.3 Å². The lowest BCUT2D eigenvalue weighted by Gasteiger charge is -2.17. The summed E-state index contributed by atoms with van der Waals surface area (Å²) in [5.74, 6) is -0.102. The van der Waals surface area contributed by atoms with Gasteiger partial charge in [0.2, 0.25) is 0 Å².